The van der Waals surface area contributed by atoms with Crippen LogP contribution in [0.1, 0.15) is 29.2 Å². The Labute approximate surface area is 162 Å². The van der Waals surface area contributed by atoms with Crippen LogP contribution in [0.5, 0.6) is 0 Å². The van der Waals surface area contributed by atoms with E-state index in [-0.39, 0.29) is 5.91 Å². The zero-order valence-corrected chi connectivity index (χ0v) is 16.7. The van der Waals surface area contributed by atoms with Gasteiger partial charge in [-0.2, -0.15) is 0 Å². The first-order valence-corrected chi connectivity index (χ1v) is 9.84. The first-order chi connectivity index (χ1) is 13.0. The molecule has 3 aromatic rings. The zero-order valence-electron chi connectivity index (χ0n) is 15.9. The summed E-state index contributed by atoms with van der Waals surface area (Å²) in [6.07, 6.45) is 8.16. The van der Waals surface area contributed by atoms with Gasteiger partial charge in [0.25, 0.3) is 0 Å². The third-order valence-electron chi connectivity index (χ3n) is 4.29. The summed E-state index contributed by atoms with van der Waals surface area (Å²) >= 11 is 1.52. The Hall–Kier alpha value is -2.74. The van der Waals surface area contributed by atoms with Gasteiger partial charge in [0.1, 0.15) is 11.6 Å². The molecule has 0 aliphatic heterocycles. The molecule has 0 unspecified atom stereocenters. The fourth-order valence-electron chi connectivity index (χ4n) is 2.85. The number of nitrogens with one attached hydrogen (secondary N) is 1. The molecular formula is C19H22N6OS. The first kappa shape index (κ1) is 19.0. The Morgan fingerprint density at radius 1 is 1.15 bits per heavy atom. The quantitative estimate of drug-likeness (QED) is 0.520. The van der Waals surface area contributed by atoms with Crippen molar-refractivity contribution >= 4 is 23.4 Å². The second kappa shape index (κ2) is 8.30. The summed E-state index contributed by atoms with van der Waals surface area (Å²) in [6.45, 7) is 5.83. The predicted octanol–water partition coefficient (Wildman–Crippen LogP) is 3.28. The largest absolute Gasteiger partial charge is 0.325 e. The van der Waals surface area contributed by atoms with Gasteiger partial charge in [-0.05, 0) is 51.1 Å². The minimum absolute atomic E-state index is 0.0592. The number of thioether (sulfide) groups is 1. The fourth-order valence-corrected chi connectivity index (χ4v) is 3.30. The summed E-state index contributed by atoms with van der Waals surface area (Å²) in [6, 6.07) is 3.69. The lowest BCUT2D eigenvalue weighted by Crippen LogP contribution is -2.14. The smallest absolute Gasteiger partial charge is 0.224 e. The van der Waals surface area contributed by atoms with Crippen molar-refractivity contribution < 1.29 is 4.79 Å². The van der Waals surface area contributed by atoms with Gasteiger partial charge in [-0.25, -0.2) is 19.9 Å². The van der Waals surface area contributed by atoms with Crippen LogP contribution in [-0.4, -0.2) is 36.7 Å². The third-order valence-corrected chi connectivity index (χ3v) is 4.84. The van der Waals surface area contributed by atoms with Crippen LogP contribution < -0.4 is 5.32 Å². The molecule has 8 heteroatoms. The number of nitrogens with zero attached hydrogens (tertiary/aromatic N) is 5. The van der Waals surface area contributed by atoms with Gasteiger partial charge in [0.2, 0.25) is 5.91 Å². The van der Waals surface area contributed by atoms with E-state index < -0.39 is 0 Å². The van der Waals surface area contributed by atoms with E-state index in [2.05, 4.69) is 25.3 Å². The number of carbonyl (C=O) groups is 1. The lowest BCUT2D eigenvalue weighted by molar-refractivity contribution is -0.116. The number of aromatic nitrogens is 5. The van der Waals surface area contributed by atoms with Gasteiger partial charge >= 0.3 is 0 Å². The molecule has 0 saturated carbocycles. The Balaban J connectivity index is 1.61. The highest BCUT2D eigenvalue weighted by atomic mass is 32.2. The second-order valence-corrected chi connectivity index (χ2v) is 6.93. The number of aryl methyl sites for hydroxylation is 3. The summed E-state index contributed by atoms with van der Waals surface area (Å²) in [7, 11) is 0. The molecule has 0 spiro atoms. The molecule has 1 amide bonds. The van der Waals surface area contributed by atoms with Gasteiger partial charge in [0.05, 0.1) is 11.9 Å². The fraction of sp³-hybridized carbons (Fsp3) is 0.316. The maximum atomic E-state index is 12.3. The summed E-state index contributed by atoms with van der Waals surface area (Å²) in [4.78, 5) is 29.8. The Bertz CT molecular complexity index is 928. The van der Waals surface area contributed by atoms with Gasteiger partial charge in [-0.1, -0.05) is 11.8 Å². The summed E-state index contributed by atoms with van der Waals surface area (Å²) in [5, 5.41) is 3.65. The molecule has 3 heterocycles. The number of anilines is 1. The maximum absolute atomic E-state index is 12.3. The number of imidazole rings is 1. The molecule has 0 atom stereocenters. The molecule has 3 aromatic heterocycles. The topological polar surface area (TPSA) is 85.6 Å². The number of hydrogen-bond acceptors (Lipinski definition) is 6. The highest BCUT2D eigenvalue weighted by Gasteiger charge is 2.11. The van der Waals surface area contributed by atoms with E-state index >= 15 is 0 Å². The van der Waals surface area contributed by atoms with Crippen molar-refractivity contribution in [3.8, 4) is 5.82 Å². The Morgan fingerprint density at radius 2 is 1.89 bits per heavy atom. The standard InChI is InChI=1S/C19H22N6OS/c1-12-16(13(2)23-19(22-12)27-4)6-8-18(26)24-15-5-7-17(21-11-15)25-10-9-20-14(25)3/h5,7,9-11H,6,8H2,1-4H3,(H,24,26). The minimum Gasteiger partial charge on any atom is -0.325 e. The average Bonchev–Trinajstić information content (AvgIpc) is 3.07. The number of amides is 1. The Kier molecular flexibility index (Phi) is 5.85. The van der Waals surface area contributed by atoms with E-state index in [1.165, 1.54) is 11.8 Å². The SMILES string of the molecule is CSc1nc(C)c(CCC(=O)Nc2ccc(-n3ccnc3C)nc2)c(C)n1. The lowest BCUT2D eigenvalue weighted by atomic mass is 10.1. The van der Waals surface area contributed by atoms with Crippen LogP contribution in [0.3, 0.4) is 0 Å². The molecule has 0 saturated heterocycles. The van der Waals surface area contributed by atoms with E-state index in [0.29, 0.717) is 18.5 Å². The van der Waals surface area contributed by atoms with Crippen LogP contribution >= 0.6 is 11.8 Å². The van der Waals surface area contributed by atoms with Crippen molar-refractivity contribution in [1.29, 1.82) is 0 Å². The molecule has 140 valence electrons. The first-order valence-electron chi connectivity index (χ1n) is 8.62. The molecule has 0 aliphatic rings. The van der Waals surface area contributed by atoms with Gasteiger partial charge < -0.3 is 5.32 Å². The number of hydrogen-bond donors (Lipinski definition) is 1. The van der Waals surface area contributed by atoms with Gasteiger partial charge in [-0.15, -0.1) is 0 Å². The molecule has 0 fully saturated rings. The summed E-state index contributed by atoms with van der Waals surface area (Å²) in [5.41, 5.74) is 3.57. The monoisotopic (exact) mass is 382 g/mol. The van der Waals surface area contributed by atoms with Crippen LogP contribution in [0.15, 0.2) is 35.9 Å². The van der Waals surface area contributed by atoms with E-state index in [1.54, 1.807) is 12.4 Å². The van der Waals surface area contributed by atoms with Crippen molar-refractivity contribution in [2.45, 2.75) is 38.8 Å². The molecule has 7 nitrogen and oxygen atoms in total. The highest BCUT2D eigenvalue weighted by molar-refractivity contribution is 7.98. The Morgan fingerprint density at radius 3 is 2.44 bits per heavy atom. The molecule has 0 aromatic carbocycles. The number of rotatable bonds is 6. The van der Waals surface area contributed by atoms with E-state index in [4.69, 9.17) is 0 Å². The van der Waals surface area contributed by atoms with Crippen LogP contribution in [0, 0.1) is 20.8 Å². The van der Waals surface area contributed by atoms with Gasteiger partial charge in [0.15, 0.2) is 5.16 Å². The van der Waals surface area contributed by atoms with Crippen molar-refractivity contribution in [1.82, 2.24) is 24.5 Å². The van der Waals surface area contributed by atoms with E-state index in [1.807, 2.05) is 49.9 Å². The lowest BCUT2D eigenvalue weighted by Gasteiger charge is -2.10. The molecule has 1 N–H and O–H groups in total. The molecule has 0 radical (unpaired) electrons. The van der Waals surface area contributed by atoms with Gasteiger partial charge in [0, 0.05) is 30.2 Å². The van der Waals surface area contributed by atoms with Crippen molar-refractivity contribution in [3.63, 3.8) is 0 Å². The van der Waals surface area contributed by atoms with Crippen molar-refractivity contribution in [2.75, 3.05) is 11.6 Å². The van der Waals surface area contributed by atoms with Crippen molar-refractivity contribution in [3.05, 3.63) is 53.5 Å². The zero-order chi connectivity index (χ0) is 19.4. The highest BCUT2D eigenvalue weighted by Crippen LogP contribution is 2.18. The molecule has 0 bridgehead atoms. The predicted molar refractivity (Wildman–Crippen MR) is 106 cm³/mol. The van der Waals surface area contributed by atoms with Gasteiger partial charge in [-0.3, -0.25) is 9.36 Å². The van der Waals surface area contributed by atoms with Crippen molar-refractivity contribution in [2.24, 2.45) is 0 Å². The second-order valence-electron chi connectivity index (χ2n) is 6.16. The van der Waals surface area contributed by atoms with Crippen LogP contribution in [0.4, 0.5) is 5.69 Å². The molecule has 0 aliphatic carbocycles. The molecule has 3 rings (SSSR count). The number of pyridine rings is 1. The average molecular weight is 382 g/mol. The summed E-state index contributed by atoms with van der Waals surface area (Å²) in [5.74, 6) is 1.57. The number of carbonyl (C=O) groups excluding carboxylic acids is 1. The summed E-state index contributed by atoms with van der Waals surface area (Å²) < 4.78 is 1.88. The molecular weight excluding hydrogens is 360 g/mol. The van der Waals surface area contributed by atoms with Crippen LogP contribution in [0.25, 0.3) is 5.82 Å². The maximum Gasteiger partial charge on any atom is 0.224 e. The minimum atomic E-state index is -0.0592. The van der Waals surface area contributed by atoms with E-state index in [9.17, 15) is 4.79 Å². The normalized spacial score (nSPS) is 10.8. The van der Waals surface area contributed by atoms with Crippen LogP contribution in [0.2, 0.25) is 0 Å². The third kappa shape index (κ3) is 4.51. The van der Waals surface area contributed by atoms with E-state index in [0.717, 1.165) is 33.8 Å². The van der Waals surface area contributed by atoms with Crippen LogP contribution in [-0.2, 0) is 11.2 Å². The molecule has 27 heavy (non-hydrogen) atoms.